The molecule has 1 amide bonds. The number of likely N-dealkylation sites (N-methyl/N-ethyl adjacent to an activating group) is 1. The molecule has 1 heterocycles. The first-order valence-corrected chi connectivity index (χ1v) is 8.68. The molecule has 1 fully saturated rings. The molecule has 0 saturated carbocycles. The van der Waals surface area contributed by atoms with Crippen molar-refractivity contribution in [1.82, 2.24) is 10.2 Å². The van der Waals surface area contributed by atoms with Crippen LogP contribution in [0.25, 0.3) is 0 Å². The number of carboxylic acids is 1. The first kappa shape index (κ1) is 19.2. The number of benzene rings is 1. The molecule has 1 aliphatic heterocycles. The summed E-state index contributed by atoms with van der Waals surface area (Å²) in [7, 11) is 1.57. The zero-order valence-electron chi connectivity index (χ0n) is 15.4. The molecule has 0 aromatic heterocycles. The molecule has 1 saturated heterocycles. The molecular formula is C19H28N2O4. The lowest BCUT2D eigenvalue weighted by molar-refractivity contribution is -0.149. The second-order valence-corrected chi connectivity index (χ2v) is 7.51. The Hall–Kier alpha value is -2.08. The Morgan fingerprint density at radius 2 is 1.96 bits per heavy atom. The largest absolute Gasteiger partial charge is 0.488 e. The number of amides is 1. The van der Waals surface area contributed by atoms with Gasteiger partial charge in [0, 0.05) is 13.5 Å². The zero-order chi connectivity index (χ0) is 18.6. The standard InChI is InChI=1S/C19H28N2O4/c1-19(2,3)25-14-9-7-13(8-10-14)12-16(18(23)24)21(4)17(22)15-6-5-11-20-15/h7-10,15-16,20H,5-6,11-12H2,1-4H3,(H,23,24)/t15-,16-/m0/s1. The van der Waals surface area contributed by atoms with E-state index in [0.717, 1.165) is 30.7 Å². The Bertz CT molecular complexity index is 601. The van der Waals surface area contributed by atoms with Gasteiger partial charge in [-0.3, -0.25) is 4.79 Å². The average molecular weight is 348 g/mol. The van der Waals surface area contributed by atoms with Crippen molar-refractivity contribution in [3.05, 3.63) is 29.8 Å². The minimum absolute atomic E-state index is 0.155. The van der Waals surface area contributed by atoms with Crippen molar-refractivity contribution in [3.8, 4) is 5.75 Å². The number of hydrogen-bond acceptors (Lipinski definition) is 4. The molecule has 0 radical (unpaired) electrons. The van der Waals surface area contributed by atoms with Crippen LogP contribution in [0, 0.1) is 0 Å². The Balaban J connectivity index is 2.05. The average Bonchev–Trinajstić information content (AvgIpc) is 3.05. The quantitative estimate of drug-likeness (QED) is 0.823. The number of nitrogens with one attached hydrogen (secondary N) is 1. The van der Waals surface area contributed by atoms with Gasteiger partial charge in [-0.25, -0.2) is 4.79 Å². The number of carboxylic acid groups (broad SMARTS) is 1. The lowest BCUT2D eigenvalue weighted by atomic mass is 10.0. The molecule has 6 heteroatoms. The summed E-state index contributed by atoms with van der Waals surface area (Å²) in [4.78, 5) is 25.5. The lowest BCUT2D eigenvalue weighted by Crippen LogP contribution is -2.50. The van der Waals surface area contributed by atoms with Crippen LogP contribution in [0.15, 0.2) is 24.3 Å². The lowest BCUT2D eigenvalue weighted by Gasteiger charge is -2.27. The monoisotopic (exact) mass is 348 g/mol. The molecule has 1 aromatic rings. The molecule has 1 aliphatic rings. The molecule has 2 N–H and O–H groups in total. The topological polar surface area (TPSA) is 78.9 Å². The zero-order valence-corrected chi connectivity index (χ0v) is 15.4. The highest BCUT2D eigenvalue weighted by Crippen LogP contribution is 2.20. The summed E-state index contributed by atoms with van der Waals surface area (Å²) in [5.74, 6) is -0.413. The number of nitrogens with zero attached hydrogens (tertiary/aromatic N) is 1. The van der Waals surface area contributed by atoms with Gasteiger partial charge in [-0.05, 0) is 57.9 Å². The second kappa shape index (κ2) is 7.87. The van der Waals surface area contributed by atoms with Crippen LogP contribution in [-0.4, -0.2) is 53.2 Å². The minimum atomic E-state index is -0.996. The highest BCUT2D eigenvalue weighted by Gasteiger charge is 2.32. The van der Waals surface area contributed by atoms with Gasteiger partial charge >= 0.3 is 5.97 Å². The van der Waals surface area contributed by atoms with Gasteiger partial charge < -0.3 is 20.1 Å². The molecular weight excluding hydrogens is 320 g/mol. The van der Waals surface area contributed by atoms with Crippen LogP contribution in [0.4, 0.5) is 0 Å². The van der Waals surface area contributed by atoms with Crippen LogP contribution in [0.1, 0.15) is 39.2 Å². The van der Waals surface area contributed by atoms with Gasteiger partial charge in [0.1, 0.15) is 17.4 Å². The third kappa shape index (κ3) is 5.46. The first-order valence-electron chi connectivity index (χ1n) is 8.68. The van der Waals surface area contributed by atoms with E-state index >= 15 is 0 Å². The fourth-order valence-electron chi connectivity index (χ4n) is 2.96. The van der Waals surface area contributed by atoms with E-state index in [9.17, 15) is 14.7 Å². The van der Waals surface area contributed by atoms with E-state index in [1.54, 1.807) is 7.05 Å². The SMILES string of the molecule is CN(C(=O)[C@@H]1CCCN1)[C@@H](Cc1ccc(OC(C)(C)C)cc1)C(=O)O. The van der Waals surface area contributed by atoms with Crippen molar-refractivity contribution >= 4 is 11.9 Å². The summed E-state index contributed by atoms with van der Waals surface area (Å²) in [6.45, 7) is 6.72. The van der Waals surface area contributed by atoms with E-state index in [0.29, 0.717) is 0 Å². The van der Waals surface area contributed by atoms with E-state index in [1.165, 1.54) is 4.90 Å². The summed E-state index contributed by atoms with van der Waals surface area (Å²) in [6.07, 6.45) is 1.96. The van der Waals surface area contributed by atoms with Gasteiger partial charge in [0.2, 0.25) is 5.91 Å². The molecule has 6 nitrogen and oxygen atoms in total. The molecule has 1 aromatic carbocycles. The number of carbonyl (C=O) groups excluding carboxylic acids is 1. The number of hydrogen-bond donors (Lipinski definition) is 2. The van der Waals surface area contributed by atoms with Crippen molar-refractivity contribution in [2.45, 2.75) is 57.7 Å². The highest BCUT2D eigenvalue weighted by molar-refractivity contribution is 5.87. The molecule has 0 unspecified atom stereocenters. The van der Waals surface area contributed by atoms with Crippen molar-refractivity contribution in [1.29, 1.82) is 0 Å². The van der Waals surface area contributed by atoms with Crippen molar-refractivity contribution in [3.63, 3.8) is 0 Å². The molecule has 138 valence electrons. The Morgan fingerprint density at radius 1 is 1.32 bits per heavy atom. The number of aliphatic carboxylic acids is 1. The molecule has 2 rings (SSSR count). The Kier molecular flexibility index (Phi) is 6.06. The number of ether oxygens (including phenoxy) is 1. The van der Waals surface area contributed by atoms with Gasteiger partial charge in [-0.2, -0.15) is 0 Å². The number of rotatable bonds is 6. The number of carbonyl (C=O) groups is 2. The maximum atomic E-state index is 12.5. The second-order valence-electron chi connectivity index (χ2n) is 7.51. The summed E-state index contributed by atoms with van der Waals surface area (Å²) in [5, 5.41) is 12.7. The van der Waals surface area contributed by atoms with Crippen LogP contribution < -0.4 is 10.1 Å². The molecule has 0 bridgehead atoms. The molecule has 0 spiro atoms. The van der Waals surface area contributed by atoms with E-state index in [1.807, 2.05) is 45.0 Å². The maximum Gasteiger partial charge on any atom is 0.326 e. The van der Waals surface area contributed by atoms with Crippen LogP contribution >= 0.6 is 0 Å². The van der Waals surface area contributed by atoms with Gasteiger partial charge in [0.25, 0.3) is 0 Å². The van der Waals surface area contributed by atoms with Crippen LogP contribution in [0.5, 0.6) is 5.75 Å². The summed E-state index contributed by atoms with van der Waals surface area (Å²) in [6, 6.07) is 6.21. The van der Waals surface area contributed by atoms with Crippen LogP contribution in [-0.2, 0) is 16.0 Å². The normalized spacial score (nSPS) is 18.6. The van der Waals surface area contributed by atoms with Gasteiger partial charge in [-0.1, -0.05) is 12.1 Å². The third-order valence-corrected chi connectivity index (χ3v) is 4.24. The van der Waals surface area contributed by atoms with Crippen LogP contribution in [0.2, 0.25) is 0 Å². The van der Waals surface area contributed by atoms with E-state index in [2.05, 4.69) is 5.32 Å². The fourth-order valence-corrected chi connectivity index (χ4v) is 2.96. The molecule has 25 heavy (non-hydrogen) atoms. The summed E-state index contributed by atoms with van der Waals surface area (Å²) in [5.41, 5.74) is 0.569. The maximum absolute atomic E-state index is 12.5. The van der Waals surface area contributed by atoms with Crippen molar-refractivity contribution < 1.29 is 19.4 Å². The summed E-state index contributed by atoms with van der Waals surface area (Å²) >= 11 is 0. The van der Waals surface area contributed by atoms with Gasteiger partial charge in [0.15, 0.2) is 0 Å². The van der Waals surface area contributed by atoms with Gasteiger partial charge in [-0.15, -0.1) is 0 Å². The predicted molar refractivity (Wildman–Crippen MR) is 95.7 cm³/mol. The van der Waals surface area contributed by atoms with E-state index in [4.69, 9.17) is 4.74 Å². The smallest absolute Gasteiger partial charge is 0.326 e. The van der Waals surface area contributed by atoms with Crippen LogP contribution in [0.3, 0.4) is 0 Å². The summed E-state index contributed by atoms with van der Waals surface area (Å²) < 4.78 is 5.77. The van der Waals surface area contributed by atoms with Gasteiger partial charge in [0.05, 0.1) is 6.04 Å². The third-order valence-electron chi connectivity index (χ3n) is 4.24. The predicted octanol–water partition coefficient (Wildman–Crippen LogP) is 2.07. The van der Waals surface area contributed by atoms with E-state index in [-0.39, 0.29) is 24.0 Å². The molecule has 2 atom stereocenters. The molecule has 0 aliphatic carbocycles. The first-order chi connectivity index (χ1) is 11.7. The van der Waals surface area contributed by atoms with Crippen molar-refractivity contribution in [2.75, 3.05) is 13.6 Å². The van der Waals surface area contributed by atoms with E-state index < -0.39 is 12.0 Å². The van der Waals surface area contributed by atoms with Crippen molar-refractivity contribution in [2.24, 2.45) is 0 Å². The minimum Gasteiger partial charge on any atom is -0.488 e. The Morgan fingerprint density at radius 3 is 2.44 bits per heavy atom. The highest BCUT2D eigenvalue weighted by atomic mass is 16.5. The fraction of sp³-hybridized carbons (Fsp3) is 0.579. The Labute approximate surface area is 149 Å².